The number of nitrogens with two attached hydrogens (primary N) is 1. The Labute approximate surface area is 114 Å². The number of carbonyl (C=O) groups excluding carboxylic acids is 1. The molecule has 0 amide bonds. The van der Waals surface area contributed by atoms with Crippen LogP contribution in [0.2, 0.25) is 0 Å². The van der Waals surface area contributed by atoms with Crippen molar-refractivity contribution in [2.75, 3.05) is 13.2 Å². The van der Waals surface area contributed by atoms with Gasteiger partial charge < -0.3 is 15.2 Å². The van der Waals surface area contributed by atoms with Crippen LogP contribution >= 0.6 is 0 Å². The van der Waals surface area contributed by atoms with Crippen molar-refractivity contribution >= 4 is 5.97 Å². The van der Waals surface area contributed by atoms with Crippen LogP contribution in [-0.2, 0) is 9.53 Å². The van der Waals surface area contributed by atoms with Gasteiger partial charge in [-0.1, -0.05) is 6.07 Å². The van der Waals surface area contributed by atoms with E-state index in [4.69, 9.17) is 15.2 Å². The van der Waals surface area contributed by atoms with Gasteiger partial charge in [0, 0.05) is 11.6 Å². The van der Waals surface area contributed by atoms with Crippen LogP contribution in [0.25, 0.3) is 0 Å². The average molecular weight is 265 g/mol. The first-order valence-corrected chi connectivity index (χ1v) is 6.64. The Hall–Kier alpha value is -1.55. The lowest BCUT2D eigenvalue weighted by molar-refractivity contribution is -0.143. The minimum atomic E-state index is -0.403. The molecule has 0 aliphatic heterocycles. The van der Waals surface area contributed by atoms with Gasteiger partial charge in [0.05, 0.1) is 19.6 Å². The quantitative estimate of drug-likeness (QED) is 0.803. The van der Waals surface area contributed by atoms with Gasteiger partial charge in [-0.2, -0.15) is 0 Å². The van der Waals surface area contributed by atoms with E-state index >= 15 is 0 Å². The average Bonchev–Trinajstić information content (AvgIpc) is 2.34. The Kier molecular flexibility index (Phi) is 5.83. The van der Waals surface area contributed by atoms with Gasteiger partial charge in [-0.15, -0.1) is 0 Å². The molecule has 1 aromatic rings. The van der Waals surface area contributed by atoms with Gasteiger partial charge in [0.25, 0.3) is 0 Å². The number of carbonyl (C=O) groups is 1. The van der Waals surface area contributed by atoms with Crippen LogP contribution in [-0.4, -0.2) is 19.2 Å². The van der Waals surface area contributed by atoms with E-state index in [2.05, 4.69) is 0 Å². The minimum Gasteiger partial charge on any atom is -0.494 e. The van der Waals surface area contributed by atoms with Crippen LogP contribution in [0.5, 0.6) is 5.75 Å². The molecule has 2 N–H and O–H groups in total. The normalized spacial score (nSPS) is 12.1. The third-order valence-electron chi connectivity index (χ3n) is 3.02. The van der Waals surface area contributed by atoms with Crippen LogP contribution < -0.4 is 10.5 Å². The number of ether oxygens (including phenoxy) is 2. The third kappa shape index (κ3) is 4.24. The largest absolute Gasteiger partial charge is 0.494 e. The van der Waals surface area contributed by atoms with Gasteiger partial charge >= 0.3 is 5.97 Å². The molecule has 0 spiro atoms. The summed E-state index contributed by atoms with van der Waals surface area (Å²) < 4.78 is 10.5. The number of rotatable bonds is 6. The van der Waals surface area contributed by atoms with E-state index < -0.39 is 6.04 Å². The van der Waals surface area contributed by atoms with E-state index in [0.717, 1.165) is 22.4 Å². The van der Waals surface area contributed by atoms with Crippen molar-refractivity contribution in [3.63, 3.8) is 0 Å². The molecule has 1 rings (SSSR count). The summed E-state index contributed by atoms with van der Waals surface area (Å²) in [6.45, 7) is 8.70. The van der Waals surface area contributed by atoms with Crippen molar-refractivity contribution in [2.24, 2.45) is 5.73 Å². The highest BCUT2D eigenvalue weighted by molar-refractivity contribution is 5.70. The predicted octanol–water partition coefficient (Wildman–Crippen LogP) is 2.66. The van der Waals surface area contributed by atoms with Gasteiger partial charge in [0.1, 0.15) is 5.75 Å². The highest BCUT2D eigenvalue weighted by atomic mass is 16.5. The lowest BCUT2D eigenvalue weighted by Crippen LogP contribution is -2.18. The number of hydrogen-bond donors (Lipinski definition) is 1. The molecule has 0 aliphatic rings. The maximum atomic E-state index is 11.5. The van der Waals surface area contributed by atoms with Crippen LogP contribution in [0.15, 0.2) is 12.1 Å². The highest BCUT2D eigenvalue weighted by Crippen LogP contribution is 2.29. The molecule has 0 radical (unpaired) electrons. The summed E-state index contributed by atoms with van der Waals surface area (Å²) in [4.78, 5) is 11.5. The summed E-state index contributed by atoms with van der Waals surface area (Å²) in [6.07, 6.45) is 0.163. The predicted molar refractivity (Wildman–Crippen MR) is 75.3 cm³/mol. The monoisotopic (exact) mass is 265 g/mol. The maximum Gasteiger partial charge on any atom is 0.307 e. The number of hydrogen-bond acceptors (Lipinski definition) is 4. The summed E-state index contributed by atoms with van der Waals surface area (Å²) in [5.41, 5.74) is 9.24. The van der Waals surface area contributed by atoms with Gasteiger partial charge in [-0.05, 0) is 44.9 Å². The molecule has 19 heavy (non-hydrogen) atoms. The fourth-order valence-corrected chi connectivity index (χ4v) is 1.89. The zero-order chi connectivity index (χ0) is 14.4. The zero-order valence-corrected chi connectivity index (χ0v) is 12.2. The summed E-state index contributed by atoms with van der Waals surface area (Å²) in [6, 6.07) is 3.56. The highest BCUT2D eigenvalue weighted by Gasteiger charge is 2.17. The van der Waals surface area contributed by atoms with Crippen LogP contribution in [0, 0.1) is 13.8 Å². The molecule has 4 nitrogen and oxygen atoms in total. The van der Waals surface area contributed by atoms with Crippen molar-refractivity contribution in [1.82, 2.24) is 0 Å². The van der Waals surface area contributed by atoms with E-state index in [0.29, 0.717) is 13.2 Å². The topological polar surface area (TPSA) is 61.5 Å². The number of aryl methyl sites for hydroxylation is 2. The van der Waals surface area contributed by atoms with E-state index in [1.807, 2.05) is 32.9 Å². The SMILES string of the molecule is CCOC(=O)CC(N)c1cc(C)c(C)cc1OCC. The van der Waals surface area contributed by atoms with Gasteiger partial charge in [-0.3, -0.25) is 4.79 Å². The number of benzene rings is 1. The first-order chi connectivity index (χ1) is 8.99. The summed E-state index contributed by atoms with van der Waals surface area (Å²) >= 11 is 0. The van der Waals surface area contributed by atoms with Crippen LogP contribution in [0.4, 0.5) is 0 Å². The van der Waals surface area contributed by atoms with E-state index in [1.54, 1.807) is 6.92 Å². The van der Waals surface area contributed by atoms with Crippen molar-refractivity contribution < 1.29 is 14.3 Å². The molecule has 0 saturated carbocycles. The molecular formula is C15H23NO3. The Morgan fingerprint density at radius 2 is 1.84 bits per heavy atom. The van der Waals surface area contributed by atoms with Gasteiger partial charge in [0.2, 0.25) is 0 Å². The Bertz CT molecular complexity index is 443. The summed E-state index contributed by atoms with van der Waals surface area (Å²) in [5.74, 6) is 0.470. The van der Waals surface area contributed by atoms with Crippen molar-refractivity contribution in [3.05, 3.63) is 28.8 Å². The van der Waals surface area contributed by atoms with Crippen LogP contribution in [0.3, 0.4) is 0 Å². The van der Waals surface area contributed by atoms with E-state index in [-0.39, 0.29) is 12.4 Å². The standard InChI is InChI=1S/C15H23NO3/c1-5-18-14-8-11(4)10(3)7-12(14)13(16)9-15(17)19-6-2/h7-8,13H,5-6,9,16H2,1-4H3. The zero-order valence-electron chi connectivity index (χ0n) is 12.2. The van der Waals surface area contributed by atoms with Gasteiger partial charge in [-0.25, -0.2) is 0 Å². The molecule has 1 unspecified atom stereocenters. The second kappa shape index (κ2) is 7.14. The van der Waals surface area contributed by atoms with E-state index in [9.17, 15) is 4.79 Å². The lowest BCUT2D eigenvalue weighted by atomic mass is 9.98. The fraction of sp³-hybridized carbons (Fsp3) is 0.533. The van der Waals surface area contributed by atoms with Gasteiger partial charge in [0.15, 0.2) is 0 Å². The Morgan fingerprint density at radius 1 is 1.21 bits per heavy atom. The second-order valence-electron chi connectivity index (χ2n) is 4.52. The molecule has 0 bridgehead atoms. The van der Waals surface area contributed by atoms with Crippen molar-refractivity contribution in [1.29, 1.82) is 0 Å². The molecule has 1 aromatic carbocycles. The Morgan fingerprint density at radius 3 is 2.42 bits per heavy atom. The molecule has 4 heteroatoms. The maximum absolute atomic E-state index is 11.5. The first-order valence-electron chi connectivity index (χ1n) is 6.64. The summed E-state index contributed by atoms with van der Waals surface area (Å²) in [5, 5.41) is 0. The minimum absolute atomic E-state index is 0.163. The summed E-state index contributed by atoms with van der Waals surface area (Å²) in [7, 11) is 0. The van der Waals surface area contributed by atoms with Crippen molar-refractivity contribution in [3.8, 4) is 5.75 Å². The molecular weight excluding hydrogens is 242 g/mol. The molecule has 0 fully saturated rings. The molecule has 0 heterocycles. The first kappa shape index (κ1) is 15.5. The molecule has 0 aliphatic carbocycles. The van der Waals surface area contributed by atoms with Crippen LogP contribution in [0.1, 0.15) is 43.0 Å². The van der Waals surface area contributed by atoms with E-state index in [1.165, 1.54) is 0 Å². The molecule has 0 aromatic heterocycles. The molecule has 0 saturated heterocycles. The smallest absolute Gasteiger partial charge is 0.307 e. The second-order valence-corrected chi connectivity index (χ2v) is 4.52. The number of esters is 1. The lowest BCUT2D eigenvalue weighted by Gasteiger charge is -2.18. The molecule has 1 atom stereocenters. The molecule has 106 valence electrons. The Balaban J connectivity index is 2.96. The fourth-order valence-electron chi connectivity index (χ4n) is 1.89. The third-order valence-corrected chi connectivity index (χ3v) is 3.02. The van der Waals surface area contributed by atoms with Crippen molar-refractivity contribution in [2.45, 2.75) is 40.2 Å².